The summed E-state index contributed by atoms with van der Waals surface area (Å²) in [5.41, 5.74) is 0. The van der Waals surface area contributed by atoms with Gasteiger partial charge in [-0.3, -0.25) is 0 Å². The van der Waals surface area contributed by atoms with Crippen LogP contribution in [0.5, 0.6) is 0 Å². The predicted molar refractivity (Wildman–Crippen MR) is 47.8 cm³/mol. The molecular weight excluding hydrogens is 120 g/mol. The Morgan fingerprint density at radius 2 is 1.70 bits per heavy atom. The van der Waals surface area contributed by atoms with Crippen LogP contribution >= 0.6 is 0 Å². The highest BCUT2D eigenvalue weighted by Crippen LogP contribution is 2.22. The van der Waals surface area contributed by atoms with E-state index < -0.39 is 0 Å². The van der Waals surface area contributed by atoms with Crippen LogP contribution < -0.4 is 0 Å². The van der Waals surface area contributed by atoms with Crippen molar-refractivity contribution < 1.29 is 0 Å². The zero-order chi connectivity index (χ0) is 7.98. The maximum atomic E-state index is 4.15. The fourth-order valence-corrected chi connectivity index (χ4v) is 1.48. The molecule has 2 atom stereocenters. The molecule has 0 heteroatoms. The summed E-state index contributed by atoms with van der Waals surface area (Å²) < 4.78 is 0. The fraction of sp³-hybridized carbons (Fsp3) is 0.900. The summed E-state index contributed by atoms with van der Waals surface area (Å²) in [5, 5.41) is 0. The molecule has 0 aliphatic carbocycles. The van der Waals surface area contributed by atoms with E-state index in [1.807, 2.05) is 0 Å². The van der Waals surface area contributed by atoms with Gasteiger partial charge >= 0.3 is 0 Å². The molecule has 0 spiro atoms. The first-order chi connectivity index (χ1) is 4.76. The smallest absolute Gasteiger partial charge is 0.0388 e. The third-order valence-corrected chi connectivity index (χ3v) is 2.37. The monoisotopic (exact) mass is 141 g/mol. The Balaban J connectivity index is 3.56. The molecule has 61 valence electrons. The average Bonchev–Trinajstić information content (AvgIpc) is 1.99. The summed E-state index contributed by atoms with van der Waals surface area (Å²) >= 11 is 0. The lowest BCUT2D eigenvalue weighted by Crippen LogP contribution is -2.09. The Labute approximate surface area is 66.0 Å². The molecule has 0 aromatic heterocycles. The zero-order valence-corrected chi connectivity index (χ0v) is 7.69. The van der Waals surface area contributed by atoms with Crippen molar-refractivity contribution in [3.05, 3.63) is 6.92 Å². The molecule has 0 amide bonds. The molecule has 2 unspecified atom stereocenters. The lowest BCUT2D eigenvalue weighted by molar-refractivity contribution is 0.344. The highest BCUT2D eigenvalue weighted by Gasteiger charge is 2.11. The molecule has 0 bridgehead atoms. The first kappa shape index (κ1) is 10.0. The Hall–Kier alpha value is 0. The molecule has 0 aromatic rings. The predicted octanol–water partition coefficient (Wildman–Crippen LogP) is 3.67. The standard InChI is InChI=1S/C10H21/c1-5-8-10(7-3)9(4)6-2/h9-10H,4-8H2,1-3H3. The van der Waals surface area contributed by atoms with Crippen LogP contribution in [0.25, 0.3) is 0 Å². The van der Waals surface area contributed by atoms with E-state index in [9.17, 15) is 0 Å². The largest absolute Gasteiger partial charge is 0.0654 e. The molecule has 0 nitrogen and oxygen atoms in total. The van der Waals surface area contributed by atoms with Crippen LogP contribution in [-0.2, 0) is 0 Å². The van der Waals surface area contributed by atoms with Crippen molar-refractivity contribution in [1.29, 1.82) is 0 Å². The van der Waals surface area contributed by atoms with E-state index in [2.05, 4.69) is 27.7 Å². The zero-order valence-electron chi connectivity index (χ0n) is 7.69. The van der Waals surface area contributed by atoms with E-state index in [1.54, 1.807) is 0 Å². The van der Waals surface area contributed by atoms with Gasteiger partial charge in [-0.2, -0.15) is 0 Å². The van der Waals surface area contributed by atoms with Crippen LogP contribution in [0.4, 0.5) is 0 Å². The van der Waals surface area contributed by atoms with E-state index in [4.69, 9.17) is 0 Å². The lowest BCUT2D eigenvalue weighted by atomic mass is 9.86. The number of hydrogen-bond donors (Lipinski definition) is 0. The number of hydrogen-bond acceptors (Lipinski definition) is 0. The van der Waals surface area contributed by atoms with E-state index in [0.29, 0.717) is 5.92 Å². The van der Waals surface area contributed by atoms with E-state index in [-0.39, 0.29) is 0 Å². The maximum Gasteiger partial charge on any atom is -0.0388 e. The van der Waals surface area contributed by atoms with Gasteiger partial charge in [0.2, 0.25) is 0 Å². The average molecular weight is 141 g/mol. The van der Waals surface area contributed by atoms with E-state index in [0.717, 1.165) is 5.92 Å². The Morgan fingerprint density at radius 3 is 2.00 bits per heavy atom. The van der Waals surface area contributed by atoms with E-state index in [1.165, 1.54) is 25.7 Å². The van der Waals surface area contributed by atoms with Crippen LogP contribution in [0.3, 0.4) is 0 Å². The van der Waals surface area contributed by atoms with Gasteiger partial charge in [0.05, 0.1) is 0 Å². The summed E-state index contributed by atoms with van der Waals surface area (Å²) in [5.74, 6) is 1.56. The van der Waals surface area contributed by atoms with Crippen LogP contribution in [-0.4, -0.2) is 0 Å². The third-order valence-electron chi connectivity index (χ3n) is 2.37. The molecule has 10 heavy (non-hydrogen) atoms. The molecule has 0 aliphatic rings. The van der Waals surface area contributed by atoms with Crippen LogP contribution in [0, 0.1) is 18.8 Å². The minimum Gasteiger partial charge on any atom is -0.0654 e. The van der Waals surface area contributed by atoms with Crippen molar-refractivity contribution in [2.24, 2.45) is 11.8 Å². The van der Waals surface area contributed by atoms with Crippen LogP contribution in [0.15, 0.2) is 0 Å². The summed E-state index contributed by atoms with van der Waals surface area (Å²) in [6.07, 6.45) is 5.21. The molecule has 0 heterocycles. The van der Waals surface area contributed by atoms with Gasteiger partial charge in [-0.25, -0.2) is 0 Å². The van der Waals surface area contributed by atoms with Gasteiger partial charge in [-0.15, -0.1) is 0 Å². The first-order valence-corrected chi connectivity index (χ1v) is 4.59. The highest BCUT2D eigenvalue weighted by molar-refractivity contribution is 4.68. The summed E-state index contributed by atoms with van der Waals surface area (Å²) in [4.78, 5) is 0. The van der Waals surface area contributed by atoms with Crippen molar-refractivity contribution in [2.75, 3.05) is 0 Å². The van der Waals surface area contributed by atoms with Gasteiger partial charge in [0.1, 0.15) is 0 Å². The second kappa shape index (κ2) is 5.76. The Kier molecular flexibility index (Phi) is 5.76. The molecular formula is C10H21. The van der Waals surface area contributed by atoms with Gasteiger partial charge < -0.3 is 0 Å². The minimum absolute atomic E-state index is 0.685. The molecule has 0 aliphatic heterocycles. The van der Waals surface area contributed by atoms with Gasteiger partial charge in [0, 0.05) is 0 Å². The van der Waals surface area contributed by atoms with E-state index >= 15 is 0 Å². The van der Waals surface area contributed by atoms with Crippen molar-refractivity contribution >= 4 is 0 Å². The molecule has 1 radical (unpaired) electrons. The van der Waals surface area contributed by atoms with Gasteiger partial charge in [0.15, 0.2) is 0 Å². The molecule has 0 N–H and O–H groups in total. The van der Waals surface area contributed by atoms with Crippen molar-refractivity contribution in [1.82, 2.24) is 0 Å². The normalized spacial score (nSPS) is 16.8. The second-order valence-electron chi connectivity index (χ2n) is 3.13. The van der Waals surface area contributed by atoms with Gasteiger partial charge in [-0.1, -0.05) is 46.5 Å². The third kappa shape index (κ3) is 3.24. The molecule has 0 saturated heterocycles. The Bertz CT molecular complexity index is 66.4. The SMILES string of the molecule is [CH2]C(CC)C(CC)CCC. The van der Waals surface area contributed by atoms with Crippen molar-refractivity contribution in [3.63, 3.8) is 0 Å². The van der Waals surface area contributed by atoms with Gasteiger partial charge in [-0.05, 0) is 18.8 Å². The Morgan fingerprint density at radius 1 is 1.10 bits per heavy atom. The fourth-order valence-electron chi connectivity index (χ4n) is 1.48. The summed E-state index contributed by atoms with van der Waals surface area (Å²) in [6.45, 7) is 10.9. The summed E-state index contributed by atoms with van der Waals surface area (Å²) in [6, 6.07) is 0. The second-order valence-corrected chi connectivity index (χ2v) is 3.13. The minimum atomic E-state index is 0.685. The van der Waals surface area contributed by atoms with Gasteiger partial charge in [0.25, 0.3) is 0 Å². The molecule has 0 saturated carbocycles. The molecule has 0 rings (SSSR count). The lowest BCUT2D eigenvalue weighted by Gasteiger charge is -2.20. The molecule has 0 fully saturated rings. The van der Waals surface area contributed by atoms with Crippen molar-refractivity contribution in [3.8, 4) is 0 Å². The number of rotatable bonds is 5. The molecule has 0 aromatic carbocycles. The topological polar surface area (TPSA) is 0 Å². The van der Waals surface area contributed by atoms with Crippen LogP contribution in [0.2, 0.25) is 0 Å². The quantitative estimate of drug-likeness (QED) is 0.548. The summed E-state index contributed by atoms with van der Waals surface area (Å²) in [7, 11) is 0. The maximum absolute atomic E-state index is 4.15. The highest BCUT2D eigenvalue weighted by atomic mass is 14.2. The first-order valence-electron chi connectivity index (χ1n) is 4.59. The van der Waals surface area contributed by atoms with Crippen LogP contribution in [0.1, 0.15) is 46.5 Å². The van der Waals surface area contributed by atoms with Crippen molar-refractivity contribution in [2.45, 2.75) is 46.5 Å².